The molecule has 2 heterocycles. The van der Waals surface area contributed by atoms with Gasteiger partial charge in [-0.05, 0) is 13.8 Å². The van der Waals surface area contributed by atoms with Crippen molar-refractivity contribution in [3.8, 4) is 22.5 Å². The summed E-state index contributed by atoms with van der Waals surface area (Å²) in [7, 11) is 0. The molecule has 0 aliphatic heterocycles. The topological polar surface area (TPSA) is 51.6 Å². The van der Waals surface area contributed by atoms with E-state index in [2.05, 4.69) is 39.0 Å². The Morgan fingerprint density at radius 2 is 1.15 bits per heavy atom. The third-order valence-electron chi connectivity index (χ3n) is 3.08. The van der Waals surface area contributed by atoms with Crippen molar-refractivity contribution < 1.29 is 0 Å². The first-order chi connectivity index (χ1) is 9.72. The summed E-state index contributed by atoms with van der Waals surface area (Å²) in [5.41, 5.74) is 4.81. The minimum Gasteiger partial charge on any atom is -0.252 e. The molecule has 4 nitrogen and oxygen atoms in total. The number of aryl methyl sites for hydroxylation is 2. The van der Waals surface area contributed by atoms with Crippen molar-refractivity contribution in [3.05, 3.63) is 60.4 Å². The van der Waals surface area contributed by atoms with Crippen LogP contribution < -0.4 is 0 Å². The monoisotopic (exact) mass is 262 g/mol. The van der Waals surface area contributed by atoms with Gasteiger partial charge in [-0.3, -0.25) is 9.97 Å². The van der Waals surface area contributed by atoms with Crippen molar-refractivity contribution in [1.82, 2.24) is 19.9 Å². The lowest BCUT2D eigenvalue weighted by molar-refractivity contribution is 1.05. The lowest BCUT2D eigenvalue weighted by Gasteiger charge is -2.03. The zero-order valence-corrected chi connectivity index (χ0v) is 11.4. The highest BCUT2D eigenvalue weighted by atomic mass is 14.9. The summed E-state index contributed by atoms with van der Waals surface area (Å²) in [5, 5.41) is 0. The number of nitrogens with zero attached hydrogens (tertiary/aromatic N) is 4. The fourth-order valence-electron chi connectivity index (χ4n) is 1.88. The summed E-state index contributed by atoms with van der Waals surface area (Å²) >= 11 is 0. The molecule has 0 bridgehead atoms. The number of hydrogen-bond donors (Lipinski definition) is 0. The summed E-state index contributed by atoms with van der Waals surface area (Å²) in [5.74, 6) is 0.748. The van der Waals surface area contributed by atoms with Gasteiger partial charge in [0.05, 0.1) is 23.8 Å². The number of aromatic nitrogens is 4. The van der Waals surface area contributed by atoms with Gasteiger partial charge in [-0.25, -0.2) is 9.97 Å². The molecule has 0 spiro atoms. The molecule has 0 unspecified atom stereocenters. The Bertz CT molecular complexity index is 636. The van der Waals surface area contributed by atoms with Crippen molar-refractivity contribution in [1.29, 1.82) is 0 Å². The van der Waals surface area contributed by atoms with E-state index >= 15 is 0 Å². The molecule has 0 atom stereocenters. The van der Waals surface area contributed by atoms with E-state index in [0.29, 0.717) is 0 Å². The van der Waals surface area contributed by atoms with Gasteiger partial charge in [0.15, 0.2) is 0 Å². The molecular formula is C16H14N4. The van der Waals surface area contributed by atoms with Crippen LogP contribution in [-0.2, 0) is 0 Å². The van der Waals surface area contributed by atoms with Crippen LogP contribution in [0.25, 0.3) is 22.5 Å². The predicted octanol–water partition coefficient (Wildman–Crippen LogP) is 3.22. The molecule has 4 heteroatoms. The van der Waals surface area contributed by atoms with Gasteiger partial charge >= 0.3 is 0 Å². The average molecular weight is 262 g/mol. The second kappa shape index (κ2) is 5.17. The molecule has 0 N–H and O–H groups in total. The second-order valence-electron chi connectivity index (χ2n) is 4.67. The lowest BCUT2D eigenvalue weighted by Crippen LogP contribution is -1.92. The number of hydrogen-bond acceptors (Lipinski definition) is 4. The van der Waals surface area contributed by atoms with E-state index < -0.39 is 0 Å². The highest BCUT2D eigenvalue weighted by Crippen LogP contribution is 2.19. The standard InChI is InChI=1S/C16H14N4/c1-11-3-5-13(6-4-11)15-9-20-16(10-19-15)14-7-17-12(2)18-8-14/h3-10H,1-2H3. The second-order valence-corrected chi connectivity index (χ2v) is 4.67. The SMILES string of the molecule is Cc1ccc(-c2cnc(-c3cnc(C)nc3)cn2)cc1. The van der Waals surface area contributed by atoms with Crippen molar-refractivity contribution >= 4 is 0 Å². The molecule has 20 heavy (non-hydrogen) atoms. The zero-order valence-electron chi connectivity index (χ0n) is 11.4. The molecule has 0 fully saturated rings. The van der Waals surface area contributed by atoms with Crippen molar-refractivity contribution in [2.24, 2.45) is 0 Å². The maximum atomic E-state index is 4.46. The van der Waals surface area contributed by atoms with E-state index in [4.69, 9.17) is 0 Å². The quantitative estimate of drug-likeness (QED) is 0.711. The van der Waals surface area contributed by atoms with Crippen LogP contribution >= 0.6 is 0 Å². The molecule has 0 radical (unpaired) electrons. The molecule has 0 saturated heterocycles. The molecule has 0 aliphatic carbocycles. The molecule has 0 saturated carbocycles. The lowest BCUT2D eigenvalue weighted by atomic mass is 10.1. The summed E-state index contributed by atoms with van der Waals surface area (Å²) in [6.07, 6.45) is 7.05. The van der Waals surface area contributed by atoms with Crippen LogP contribution in [0.2, 0.25) is 0 Å². The van der Waals surface area contributed by atoms with E-state index in [-0.39, 0.29) is 0 Å². The summed E-state index contributed by atoms with van der Waals surface area (Å²) in [6, 6.07) is 8.24. The molecule has 3 rings (SSSR count). The maximum absolute atomic E-state index is 4.46. The van der Waals surface area contributed by atoms with Gasteiger partial charge in [-0.2, -0.15) is 0 Å². The van der Waals surface area contributed by atoms with Crippen molar-refractivity contribution in [3.63, 3.8) is 0 Å². The Hall–Kier alpha value is -2.62. The Morgan fingerprint density at radius 1 is 0.600 bits per heavy atom. The Balaban J connectivity index is 1.91. The smallest absolute Gasteiger partial charge is 0.125 e. The van der Waals surface area contributed by atoms with E-state index in [1.54, 1.807) is 24.8 Å². The normalized spacial score (nSPS) is 10.5. The Labute approximate surface area is 117 Å². The highest BCUT2D eigenvalue weighted by molar-refractivity contribution is 5.61. The molecule has 1 aromatic carbocycles. The number of rotatable bonds is 2. The van der Waals surface area contributed by atoms with Crippen LogP contribution in [0, 0.1) is 13.8 Å². The first-order valence-corrected chi connectivity index (χ1v) is 6.40. The summed E-state index contributed by atoms with van der Waals surface area (Å²) in [6.45, 7) is 3.92. The fraction of sp³-hybridized carbons (Fsp3) is 0.125. The minimum absolute atomic E-state index is 0.748. The first-order valence-electron chi connectivity index (χ1n) is 6.40. The van der Waals surface area contributed by atoms with Crippen LogP contribution in [0.5, 0.6) is 0 Å². The Kier molecular flexibility index (Phi) is 3.21. The van der Waals surface area contributed by atoms with E-state index in [0.717, 1.165) is 28.3 Å². The van der Waals surface area contributed by atoms with Crippen LogP contribution in [-0.4, -0.2) is 19.9 Å². The van der Waals surface area contributed by atoms with Crippen LogP contribution in [0.4, 0.5) is 0 Å². The summed E-state index contributed by atoms with van der Waals surface area (Å²) in [4.78, 5) is 17.2. The predicted molar refractivity (Wildman–Crippen MR) is 78.0 cm³/mol. The van der Waals surface area contributed by atoms with Crippen molar-refractivity contribution in [2.45, 2.75) is 13.8 Å². The van der Waals surface area contributed by atoms with Crippen LogP contribution in [0.1, 0.15) is 11.4 Å². The van der Waals surface area contributed by atoms with Gasteiger partial charge in [0.25, 0.3) is 0 Å². The number of benzene rings is 1. The maximum Gasteiger partial charge on any atom is 0.125 e. The van der Waals surface area contributed by atoms with Crippen LogP contribution in [0.3, 0.4) is 0 Å². The molecule has 3 aromatic rings. The van der Waals surface area contributed by atoms with Gasteiger partial charge in [0.2, 0.25) is 0 Å². The Morgan fingerprint density at radius 3 is 1.70 bits per heavy atom. The minimum atomic E-state index is 0.748. The van der Waals surface area contributed by atoms with E-state index in [9.17, 15) is 0 Å². The van der Waals surface area contributed by atoms with Gasteiger partial charge in [-0.15, -0.1) is 0 Å². The zero-order chi connectivity index (χ0) is 13.9. The first kappa shape index (κ1) is 12.4. The fourth-order valence-corrected chi connectivity index (χ4v) is 1.88. The highest BCUT2D eigenvalue weighted by Gasteiger charge is 2.03. The molecule has 98 valence electrons. The third kappa shape index (κ3) is 2.54. The molecule has 2 aromatic heterocycles. The van der Waals surface area contributed by atoms with Gasteiger partial charge in [0.1, 0.15) is 5.82 Å². The van der Waals surface area contributed by atoms with E-state index in [1.807, 2.05) is 19.1 Å². The van der Waals surface area contributed by atoms with Gasteiger partial charge in [0, 0.05) is 23.5 Å². The average Bonchev–Trinajstić information content (AvgIpc) is 2.49. The van der Waals surface area contributed by atoms with Gasteiger partial charge in [-0.1, -0.05) is 29.8 Å². The third-order valence-corrected chi connectivity index (χ3v) is 3.08. The summed E-state index contributed by atoms with van der Waals surface area (Å²) < 4.78 is 0. The van der Waals surface area contributed by atoms with Gasteiger partial charge < -0.3 is 0 Å². The molecule has 0 amide bonds. The molecular weight excluding hydrogens is 248 g/mol. The largest absolute Gasteiger partial charge is 0.252 e. The molecule has 0 aliphatic rings. The van der Waals surface area contributed by atoms with Crippen molar-refractivity contribution in [2.75, 3.05) is 0 Å². The van der Waals surface area contributed by atoms with Crippen LogP contribution in [0.15, 0.2) is 49.1 Å². The van der Waals surface area contributed by atoms with E-state index in [1.165, 1.54) is 5.56 Å².